The summed E-state index contributed by atoms with van der Waals surface area (Å²) in [5.74, 6) is 0.998. The second-order valence-electron chi connectivity index (χ2n) is 7.21. The number of nitrogens with zero attached hydrogens (tertiary/aromatic N) is 4. The van der Waals surface area contributed by atoms with Gasteiger partial charge in [0.1, 0.15) is 0 Å². The predicted octanol–water partition coefficient (Wildman–Crippen LogP) is 2.85. The van der Waals surface area contributed by atoms with Crippen LogP contribution >= 0.6 is 11.3 Å². The van der Waals surface area contributed by atoms with E-state index in [0.29, 0.717) is 17.9 Å². The molecule has 4 heterocycles. The molecule has 0 spiro atoms. The van der Waals surface area contributed by atoms with Crippen LogP contribution in [0.4, 0.5) is 0 Å². The largest absolute Gasteiger partial charge is 0.339 e. The smallest absolute Gasteiger partial charge is 0.222 e. The van der Waals surface area contributed by atoms with Crippen LogP contribution in [-0.2, 0) is 17.9 Å². The molecule has 2 aliphatic rings. The number of piperidine rings is 2. The van der Waals surface area contributed by atoms with Gasteiger partial charge in [0.15, 0.2) is 0 Å². The Morgan fingerprint density at radius 3 is 3.04 bits per heavy atom. The number of carbonyl (C=O) groups excluding carboxylic acids is 1. The van der Waals surface area contributed by atoms with Gasteiger partial charge in [0.2, 0.25) is 5.91 Å². The number of fused-ring (bicyclic) bond motifs is 1. The molecule has 4 rings (SSSR count). The minimum Gasteiger partial charge on any atom is -0.339 e. The maximum Gasteiger partial charge on any atom is 0.222 e. The van der Waals surface area contributed by atoms with E-state index in [1.54, 1.807) is 0 Å². The average molecular weight is 359 g/mol. The second kappa shape index (κ2) is 7.70. The first-order chi connectivity index (χ1) is 12.3. The highest BCUT2D eigenvalue weighted by atomic mass is 32.1. The van der Waals surface area contributed by atoms with Crippen molar-refractivity contribution >= 4 is 17.2 Å². The summed E-state index contributed by atoms with van der Waals surface area (Å²) < 4.78 is 2.09. The quantitative estimate of drug-likeness (QED) is 0.797. The van der Waals surface area contributed by atoms with Gasteiger partial charge in [-0.25, -0.2) is 4.98 Å². The minimum absolute atomic E-state index is 0.360. The Kier molecular flexibility index (Phi) is 5.17. The molecule has 0 aliphatic carbocycles. The van der Waals surface area contributed by atoms with E-state index in [2.05, 4.69) is 36.9 Å². The first-order valence-electron chi connectivity index (χ1n) is 9.29. The maximum absolute atomic E-state index is 12.5. The molecule has 6 heteroatoms. The van der Waals surface area contributed by atoms with Crippen LogP contribution in [0.1, 0.15) is 30.6 Å². The van der Waals surface area contributed by atoms with Crippen molar-refractivity contribution in [2.45, 2.75) is 44.8 Å². The molecule has 25 heavy (non-hydrogen) atoms. The van der Waals surface area contributed by atoms with Crippen molar-refractivity contribution < 1.29 is 4.79 Å². The SMILES string of the molecule is O=C1CC[C@H]2CN(Cc3cccs3)CC[C@H]2N1CCCn1ccnc1. The van der Waals surface area contributed by atoms with Crippen molar-refractivity contribution in [1.29, 1.82) is 0 Å². The van der Waals surface area contributed by atoms with E-state index >= 15 is 0 Å². The molecule has 2 aromatic heterocycles. The molecular formula is C19H26N4OS. The van der Waals surface area contributed by atoms with E-state index in [9.17, 15) is 4.79 Å². The van der Waals surface area contributed by atoms with Gasteiger partial charge < -0.3 is 9.47 Å². The Hall–Kier alpha value is -1.66. The highest BCUT2D eigenvalue weighted by Crippen LogP contribution is 2.32. The summed E-state index contributed by atoms with van der Waals surface area (Å²) in [4.78, 5) is 22.8. The number of aryl methyl sites for hydroxylation is 1. The average Bonchev–Trinajstić information content (AvgIpc) is 3.31. The predicted molar refractivity (Wildman–Crippen MR) is 99.3 cm³/mol. The lowest BCUT2D eigenvalue weighted by molar-refractivity contribution is -0.141. The Morgan fingerprint density at radius 2 is 2.24 bits per heavy atom. The molecule has 2 saturated heterocycles. The molecule has 5 nitrogen and oxygen atoms in total. The maximum atomic E-state index is 12.5. The van der Waals surface area contributed by atoms with Crippen LogP contribution in [0.3, 0.4) is 0 Å². The van der Waals surface area contributed by atoms with Crippen LogP contribution < -0.4 is 0 Å². The highest BCUT2D eigenvalue weighted by Gasteiger charge is 2.38. The summed E-state index contributed by atoms with van der Waals surface area (Å²) in [6.45, 7) is 5.11. The zero-order chi connectivity index (χ0) is 17.1. The Labute approximate surface area is 153 Å². The zero-order valence-corrected chi connectivity index (χ0v) is 15.4. The van der Waals surface area contributed by atoms with Gasteiger partial charge in [0.05, 0.1) is 6.33 Å². The molecule has 0 aromatic carbocycles. The van der Waals surface area contributed by atoms with Crippen LogP contribution in [0.15, 0.2) is 36.2 Å². The summed E-state index contributed by atoms with van der Waals surface area (Å²) in [5, 5.41) is 2.16. The summed E-state index contributed by atoms with van der Waals surface area (Å²) in [6, 6.07) is 4.81. The van der Waals surface area contributed by atoms with Crippen LogP contribution in [0.5, 0.6) is 0 Å². The molecule has 0 unspecified atom stereocenters. The van der Waals surface area contributed by atoms with Gasteiger partial charge in [-0.3, -0.25) is 9.69 Å². The Balaban J connectivity index is 1.32. The van der Waals surface area contributed by atoms with E-state index in [-0.39, 0.29) is 0 Å². The van der Waals surface area contributed by atoms with Gasteiger partial charge in [-0.15, -0.1) is 11.3 Å². The Morgan fingerprint density at radius 1 is 1.28 bits per heavy atom. The van der Waals surface area contributed by atoms with Crippen molar-refractivity contribution in [3.8, 4) is 0 Å². The number of aromatic nitrogens is 2. The van der Waals surface area contributed by atoms with Crippen molar-refractivity contribution in [2.75, 3.05) is 19.6 Å². The monoisotopic (exact) mass is 358 g/mol. The molecular weight excluding hydrogens is 332 g/mol. The normalized spacial score (nSPS) is 24.5. The molecule has 0 radical (unpaired) electrons. The third kappa shape index (κ3) is 3.96. The van der Waals surface area contributed by atoms with Gasteiger partial charge >= 0.3 is 0 Å². The summed E-state index contributed by atoms with van der Waals surface area (Å²) in [7, 11) is 0. The standard InChI is InChI=1S/C19H26N4OS/c24-19-5-4-16-13-22(14-17-3-1-12-25-17)10-6-18(16)23(19)9-2-8-21-11-7-20-15-21/h1,3,7,11-12,15-16,18H,2,4-6,8-10,13-14H2/t16-,18+/m0/s1. The van der Waals surface area contributed by atoms with E-state index < -0.39 is 0 Å². The molecule has 1 amide bonds. The van der Waals surface area contributed by atoms with E-state index in [0.717, 1.165) is 58.4 Å². The number of amides is 1. The third-order valence-corrected chi connectivity index (χ3v) is 6.42. The van der Waals surface area contributed by atoms with E-state index in [1.807, 2.05) is 30.1 Å². The number of hydrogen-bond acceptors (Lipinski definition) is 4. The fraction of sp³-hybridized carbons (Fsp3) is 0.579. The van der Waals surface area contributed by atoms with Crippen LogP contribution in [0.2, 0.25) is 0 Å². The van der Waals surface area contributed by atoms with Gasteiger partial charge in [-0.05, 0) is 36.6 Å². The van der Waals surface area contributed by atoms with E-state index in [1.165, 1.54) is 4.88 Å². The first-order valence-corrected chi connectivity index (χ1v) is 10.2. The molecule has 2 aromatic rings. The van der Waals surface area contributed by atoms with Crippen LogP contribution in [0, 0.1) is 5.92 Å². The van der Waals surface area contributed by atoms with Crippen molar-refractivity contribution in [1.82, 2.24) is 19.4 Å². The number of hydrogen-bond donors (Lipinski definition) is 0. The van der Waals surface area contributed by atoms with Crippen molar-refractivity contribution in [2.24, 2.45) is 5.92 Å². The zero-order valence-electron chi connectivity index (χ0n) is 14.6. The van der Waals surface area contributed by atoms with Gasteiger partial charge in [0.25, 0.3) is 0 Å². The lowest BCUT2D eigenvalue weighted by atomic mass is 9.83. The van der Waals surface area contributed by atoms with E-state index in [4.69, 9.17) is 0 Å². The first kappa shape index (κ1) is 16.8. The number of thiophene rings is 1. The molecule has 0 N–H and O–H groups in total. The molecule has 134 valence electrons. The number of rotatable bonds is 6. The summed E-state index contributed by atoms with van der Waals surface area (Å²) in [5.41, 5.74) is 0. The fourth-order valence-electron chi connectivity index (χ4n) is 4.33. The van der Waals surface area contributed by atoms with Crippen molar-refractivity contribution in [3.05, 3.63) is 41.1 Å². The molecule has 2 fully saturated rings. The van der Waals surface area contributed by atoms with Crippen LogP contribution in [-0.4, -0.2) is 50.9 Å². The molecule has 0 saturated carbocycles. The molecule has 0 bridgehead atoms. The summed E-state index contributed by atoms with van der Waals surface area (Å²) >= 11 is 1.84. The Bertz CT molecular complexity index is 670. The topological polar surface area (TPSA) is 41.4 Å². The fourth-order valence-corrected chi connectivity index (χ4v) is 5.07. The second-order valence-corrected chi connectivity index (χ2v) is 8.24. The number of carbonyl (C=O) groups is 1. The lowest BCUT2D eigenvalue weighted by Gasteiger charge is -2.47. The number of imidazole rings is 1. The lowest BCUT2D eigenvalue weighted by Crippen LogP contribution is -2.56. The highest BCUT2D eigenvalue weighted by molar-refractivity contribution is 7.09. The third-order valence-electron chi connectivity index (χ3n) is 5.56. The number of likely N-dealkylation sites (tertiary alicyclic amines) is 2. The van der Waals surface area contributed by atoms with Crippen LogP contribution in [0.25, 0.3) is 0 Å². The molecule has 2 atom stereocenters. The van der Waals surface area contributed by atoms with Gasteiger partial charge in [-0.2, -0.15) is 0 Å². The van der Waals surface area contributed by atoms with Gasteiger partial charge in [0, 0.05) is 62.5 Å². The van der Waals surface area contributed by atoms with Gasteiger partial charge in [-0.1, -0.05) is 6.07 Å². The minimum atomic E-state index is 0.360. The molecule has 2 aliphatic heterocycles. The van der Waals surface area contributed by atoms with Crippen molar-refractivity contribution in [3.63, 3.8) is 0 Å². The summed E-state index contributed by atoms with van der Waals surface area (Å²) in [6.07, 6.45) is 9.55.